The number of nitrogens with zero attached hydrogens (tertiary/aromatic N) is 2. The average molecular weight is 261 g/mol. The summed E-state index contributed by atoms with van der Waals surface area (Å²) in [5.74, 6) is 1.09. The summed E-state index contributed by atoms with van der Waals surface area (Å²) in [5, 5.41) is 3.52. The Labute approximate surface area is 115 Å². The summed E-state index contributed by atoms with van der Waals surface area (Å²) in [6.45, 7) is 5.86. The molecule has 1 aliphatic heterocycles. The molecule has 0 bridgehead atoms. The lowest BCUT2D eigenvalue weighted by atomic mass is 10.3. The van der Waals surface area contributed by atoms with Crippen LogP contribution in [0.15, 0.2) is 18.2 Å². The predicted octanol–water partition coefficient (Wildman–Crippen LogP) is 1.95. The van der Waals surface area contributed by atoms with Gasteiger partial charge in [0.1, 0.15) is 5.82 Å². The van der Waals surface area contributed by atoms with E-state index in [0.717, 1.165) is 50.2 Å². The van der Waals surface area contributed by atoms with Crippen LogP contribution < -0.4 is 10.2 Å². The highest BCUT2D eigenvalue weighted by atomic mass is 16.5. The van der Waals surface area contributed by atoms with E-state index in [1.165, 1.54) is 12.8 Å². The molecule has 3 rings (SSSR count). The van der Waals surface area contributed by atoms with Gasteiger partial charge in [0.25, 0.3) is 0 Å². The third-order valence-corrected chi connectivity index (χ3v) is 3.72. The largest absolute Gasteiger partial charge is 0.377 e. The molecule has 0 spiro atoms. The lowest BCUT2D eigenvalue weighted by molar-refractivity contribution is 0.0820. The molecule has 0 radical (unpaired) electrons. The van der Waals surface area contributed by atoms with Crippen LogP contribution in [-0.4, -0.2) is 36.8 Å². The van der Waals surface area contributed by atoms with Crippen LogP contribution in [0.3, 0.4) is 0 Å². The number of anilines is 1. The van der Waals surface area contributed by atoms with Gasteiger partial charge < -0.3 is 15.0 Å². The van der Waals surface area contributed by atoms with Gasteiger partial charge >= 0.3 is 0 Å². The zero-order valence-electron chi connectivity index (χ0n) is 11.6. The maximum absolute atomic E-state index is 5.69. The molecule has 1 saturated carbocycles. The fourth-order valence-electron chi connectivity index (χ4n) is 2.48. The van der Waals surface area contributed by atoms with Gasteiger partial charge in [-0.05, 0) is 38.3 Å². The molecular formula is C15H23N3O. The molecule has 0 amide bonds. The van der Waals surface area contributed by atoms with Crippen molar-refractivity contribution in [1.82, 2.24) is 10.3 Å². The number of pyridine rings is 1. The first kappa shape index (κ1) is 12.9. The summed E-state index contributed by atoms with van der Waals surface area (Å²) in [7, 11) is 0. The number of nitrogens with one attached hydrogen (secondary N) is 1. The molecule has 1 saturated heterocycles. The maximum atomic E-state index is 5.69. The third kappa shape index (κ3) is 3.67. The topological polar surface area (TPSA) is 37.4 Å². The molecule has 1 atom stereocenters. The molecule has 1 unspecified atom stereocenters. The van der Waals surface area contributed by atoms with Crippen molar-refractivity contribution in [2.75, 3.05) is 24.6 Å². The summed E-state index contributed by atoms with van der Waals surface area (Å²) in [6, 6.07) is 7.06. The van der Waals surface area contributed by atoms with Crippen LogP contribution in [-0.2, 0) is 11.3 Å². The van der Waals surface area contributed by atoms with Crippen LogP contribution in [0.2, 0.25) is 0 Å². The molecule has 1 aliphatic carbocycles. The van der Waals surface area contributed by atoms with Crippen molar-refractivity contribution in [3.8, 4) is 0 Å². The summed E-state index contributed by atoms with van der Waals surface area (Å²) in [5.41, 5.74) is 1.14. The lowest BCUT2D eigenvalue weighted by Crippen LogP contribution is -2.31. The van der Waals surface area contributed by atoms with E-state index in [2.05, 4.69) is 35.3 Å². The molecule has 2 fully saturated rings. The van der Waals surface area contributed by atoms with E-state index in [-0.39, 0.29) is 6.10 Å². The van der Waals surface area contributed by atoms with Gasteiger partial charge in [0.05, 0.1) is 11.8 Å². The minimum absolute atomic E-state index is 0.289. The predicted molar refractivity (Wildman–Crippen MR) is 76.3 cm³/mol. The molecule has 0 aromatic carbocycles. The SMILES string of the molecule is CC1CN(c2cccc(CNC3CC3)n2)CCCO1. The van der Waals surface area contributed by atoms with E-state index in [1.54, 1.807) is 0 Å². The summed E-state index contributed by atoms with van der Waals surface area (Å²) in [6.07, 6.45) is 4.01. The van der Waals surface area contributed by atoms with Gasteiger partial charge in [-0.3, -0.25) is 0 Å². The first-order chi connectivity index (χ1) is 9.31. The summed E-state index contributed by atoms with van der Waals surface area (Å²) >= 11 is 0. The van der Waals surface area contributed by atoms with Gasteiger partial charge in [0.15, 0.2) is 0 Å². The Hall–Kier alpha value is -1.13. The van der Waals surface area contributed by atoms with Gasteiger partial charge in [-0.25, -0.2) is 4.98 Å². The van der Waals surface area contributed by atoms with Gasteiger partial charge in [0.2, 0.25) is 0 Å². The van der Waals surface area contributed by atoms with Crippen molar-refractivity contribution >= 4 is 5.82 Å². The minimum atomic E-state index is 0.289. The second-order valence-corrected chi connectivity index (χ2v) is 5.62. The first-order valence-electron chi connectivity index (χ1n) is 7.37. The molecule has 1 N–H and O–H groups in total. The normalized spacial score (nSPS) is 24.3. The smallest absolute Gasteiger partial charge is 0.128 e. The zero-order chi connectivity index (χ0) is 13.1. The van der Waals surface area contributed by atoms with Crippen LogP contribution in [0.1, 0.15) is 31.9 Å². The van der Waals surface area contributed by atoms with E-state index in [0.29, 0.717) is 0 Å². The number of aromatic nitrogens is 1. The van der Waals surface area contributed by atoms with Crippen molar-refractivity contribution in [2.45, 2.75) is 44.9 Å². The van der Waals surface area contributed by atoms with E-state index in [9.17, 15) is 0 Å². The highest BCUT2D eigenvalue weighted by Crippen LogP contribution is 2.20. The van der Waals surface area contributed by atoms with Crippen LogP contribution in [0, 0.1) is 0 Å². The highest BCUT2D eigenvalue weighted by Gasteiger charge is 2.20. The van der Waals surface area contributed by atoms with Crippen LogP contribution >= 0.6 is 0 Å². The van der Waals surface area contributed by atoms with Crippen molar-refractivity contribution in [3.05, 3.63) is 23.9 Å². The number of ether oxygens (including phenoxy) is 1. The number of hydrogen-bond donors (Lipinski definition) is 1. The van der Waals surface area contributed by atoms with Crippen molar-refractivity contribution in [2.24, 2.45) is 0 Å². The Morgan fingerprint density at radius 3 is 3.16 bits per heavy atom. The Bertz CT molecular complexity index is 420. The second kappa shape index (κ2) is 5.88. The van der Waals surface area contributed by atoms with Gasteiger partial charge in [0, 0.05) is 32.3 Å². The second-order valence-electron chi connectivity index (χ2n) is 5.62. The monoisotopic (exact) mass is 261 g/mol. The molecule has 4 heteroatoms. The number of hydrogen-bond acceptors (Lipinski definition) is 4. The van der Waals surface area contributed by atoms with Crippen molar-refractivity contribution < 1.29 is 4.74 Å². The molecule has 2 aliphatic rings. The van der Waals surface area contributed by atoms with E-state index < -0.39 is 0 Å². The molecule has 1 aromatic heterocycles. The lowest BCUT2D eigenvalue weighted by Gasteiger charge is -2.23. The number of rotatable bonds is 4. The van der Waals surface area contributed by atoms with Gasteiger partial charge in [-0.15, -0.1) is 0 Å². The zero-order valence-corrected chi connectivity index (χ0v) is 11.6. The molecule has 104 valence electrons. The Balaban J connectivity index is 1.66. The molecule has 4 nitrogen and oxygen atoms in total. The molecular weight excluding hydrogens is 238 g/mol. The van der Waals surface area contributed by atoms with Gasteiger partial charge in [-0.1, -0.05) is 6.07 Å². The molecule has 2 heterocycles. The van der Waals surface area contributed by atoms with E-state index in [1.807, 2.05) is 0 Å². The fraction of sp³-hybridized carbons (Fsp3) is 0.667. The molecule has 1 aromatic rings. The quantitative estimate of drug-likeness (QED) is 0.899. The van der Waals surface area contributed by atoms with Crippen molar-refractivity contribution in [1.29, 1.82) is 0 Å². The van der Waals surface area contributed by atoms with Crippen LogP contribution in [0.4, 0.5) is 5.82 Å². The van der Waals surface area contributed by atoms with Gasteiger partial charge in [-0.2, -0.15) is 0 Å². The van der Waals surface area contributed by atoms with Crippen LogP contribution in [0.25, 0.3) is 0 Å². The Morgan fingerprint density at radius 1 is 1.42 bits per heavy atom. The van der Waals surface area contributed by atoms with Crippen LogP contribution in [0.5, 0.6) is 0 Å². The standard InChI is InChI=1S/C15H23N3O/c1-12-11-18(8-3-9-19-12)15-5-2-4-14(17-15)10-16-13-6-7-13/h2,4-5,12-13,16H,3,6-11H2,1H3. The summed E-state index contributed by atoms with van der Waals surface area (Å²) in [4.78, 5) is 7.13. The Morgan fingerprint density at radius 2 is 2.32 bits per heavy atom. The minimum Gasteiger partial charge on any atom is -0.377 e. The Kier molecular flexibility index (Phi) is 3.99. The van der Waals surface area contributed by atoms with E-state index >= 15 is 0 Å². The first-order valence-corrected chi connectivity index (χ1v) is 7.37. The third-order valence-electron chi connectivity index (χ3n) is 3.72. The fourth-order valence-corrected chi connectivity index (χ4v) is 2.48. The average Bonchev–Trinajstić information content (AvgIpc) is 3.24. The van der Waals surface area contributed by atoms with E-state index in [4.69, 9.17) is 9.72 Å². The summed E-state index contributed by atoms with van der Waals surface area (Å²) < 4.78 is 5.69. The molecule has 19 heavy (non-hydrogen) atoms. The van der Waals surface area contributed by atoms with Crippen molar-refractivity contribution in [3.63, 3.8) is 0 Å². The maximum Gasteiger partial charge on any atom is 0.128 e. The highest BCUT2D eigenvalue weighted by molar-refractivity contribution is 5.39.